The summed E-state index contributed by atoms with van der Waals surface area (Å²) in [5, 5.41) is 0. The minimum absolute atomic E-state index is 0.0750. The third-order valence-electron chi connectivity index (χ3n) is 2.16. The highest BCUT2D eigenvalue weighted by molar-refractivity contribution is 5.77. The summed E-state index contributed by atoms with van der Waals surface area (Å²) in [7, 11) is 0. The van der Waals surface area contributed by atoms with Crippen molar-refractivity contribution < 1.29 is 27.8 Å². The topological polar surface area (TPSA) is 44.8 Å². The van der Waals surface area contributed by atoms with E-state index in [-0.39, 0.29) is 6.61 Å². The molecule has 0 aromatic rings. The fraction of sp³-hybridized carbons (Fsp3) is 0.900. The van der Waals surface area contributed by atoms with Gasteiger partial charge in [-0.1, -0.05) is 0 Å². The average molecular weight is 238 g/mol. The second-order valence-corrected chi connectivity index (χ2v) is 3.53. The van der Waals surface area contributed by atoms with Gasteiger partial charge in [-0.05, 0) is 26.2 Å². The first-order valence-electron chi connectivity index (χ1n) is 5.34. The molecule has 1 unspecified atom stereocenters. The van der Waals surface area contributed by atoms with Crippen LogP contribution >= 0.6 is 0 Å². The summed E-state index contributed by atoms with van der Waals surface area (Å²) in [6.45, 7) is 0.916. The first-order valence-corrected chi connectivity index (χ1v) is 5.34. The molecule has 1 fully saturated rings. The van der Waals surface area contributed by atoms with Crippen molar-refractivity contribution in [3.8, 4) is 0 Å². The van der Waals surface area contributed by atoms with Crippen molar-refractivity contribution in [1.82, 2.24) is 0 Å². The van der Waals surface area contributed by atoms with E-state index in [1.54, 1.807) is 0 Å². The second kappa shape index (κ2) is 6.10. The highest BCUT2D eigenvalue weighted by Gasteiger charge is 2.41. The molecule has 0 saturated carbocycles. The highest BCUT2D eigenvalue weighted by Crippen LogP contribution is 2.20. The van der Waals surface area contributed by atoms with Crippen molar-refractivity contribution in [1.29, 1.82) is 0 Å². The van der Waals surface area contributed by atoms with E-state index in [2.05, 4.69) is 4.74 Å². The number of ether oxygens (including phenoxy) is 3. The molecule has 0 amide bonds. The van der Waals surface area contributed by atoms with Crippen molar-refractivity contribution in [2.24, 2.45) is 0 Å². The SMILES string of the molecule is CCOC(=O)C(F)(F)COC1CCCCO1. The van der Waals surface area contributed by atoms with Gasteiger partial charge in [0.15, 0.2) is 6.29 Å². The van der Waals surface area contributed by atoms with E-state index in [1.807, 2.05) is 0 Å². The zero-order chi connectivity index (χ0) is 12.0. The van der Waals surface area contributed by atoms with Crippen LogP contribution in [0, 0.1) is 0 Å². The Morgan fingerprint density at radius 3 is 2.81 bits per heavy atom. The summed E-state index contributed by atoms with van der Waals surface area (Å²) in [4.78, 5) is 10.8. The maximum Gasteiger partial charge on any atom is 0.379 e. The molecule has 0 bridgehead atoms. The molecule has 0 radical (unpaired) electrons. The van der Waals surface area contributed by atoms with E-state index in [1.165, 1.54) is 6.92 Å². The molecular weight excluding hydrogens is 222 g/mol. The molecular formula is C10H16F2O4. The van der Waals surface area contributed by atoms with Crippen molar-refractivity contribution in [2.45, 2.75) is 38.4 Å². The zero-order valence-corrected chi connectivity index (χ0v) is 9.21. The fourth-order valence-corrected chi connectivity index (χ4v) is 1.34. The molecule has 0 N–H and O–H groups in total. The molecule has 1 atom stereocenters. The lowest BCUT2D eigenvalue weighted by molar-refractivity contribution is -0.212. The quantitative estimate of drug-likeness (QED) is 0.684. The van der Waals surface area contributed by atoms with Gasteiger partial charge in [0, 0.05) is 6.61 Å². The van der Waals surface area contributed by atoms with Crippen LogP contribution in [0.25, 0.3) is 0 Å². The lowest BCUT2D eigenvalue weighted by atomic mass is 10.2. The molecule has 1 aliphatic heterocycles. The summed E-state index contributed by atoms with van der Waals surface area (Å²) in [6, 6.07) is 0. The molecule has 0 spiro atoms. The number of esters is 1. The van der Waals surface area contributed by atoms with Gasteiger partial charge in [-0.3, -0.25) is 0 Å². The van der Waals surface area contributed by atoms with E-state index < -0.39 is 24.8 Å². The average Bonchev–Trinajstić information content (AvgIpc) is 2.28. The predicted octanol–water partition coefficient (Wildman–Crippen LogP) is 1.73. The fourth-order valence-electron chi connectivity index (χ4n) is 1.34. The van der Waals surface area contributed by atoms with E-state index in [4.69, 9.17) is 9.47 Å². The summed E-state index contributed by atoms with van der Waals surface area (Å²) >= 11 is 0. The summed E-state index contributed by atoms with van der Waals surface area (Å²) in [6.07, 6.45) is 1.75. The Bertz CT molecular complexity index is 227. The molecule has 4 nitrogen and oxygen atoms in total. The Labute approximate surface area is 92.9 Å². The number of alkyl halides is 2. The molecule has 0 aromatic heterocycles. The van der Waals surface area contributed by atoms with Gasteiger partial charge in [0.25, 0.3) is 0 Å². The Morgan fingerprint density at radius 1 is 1.50 bits per heavy atom. The standard InChI is InChI=1S/C10H16F2O4/c1-2-14-9(13)10(11,12)7-16-8-5-3-4-6-15-8/h8H,2-7H2,1H3. The van der Waals surface area contributed by atoms with Gasteiger partial charge in [-0.2, -0.15) is 8.78 Å². The number of carbonyl (C=O) groups excluding carboxylic acids is 1. The van der Waals surface area contributed by atoms with Gasteiger partial charge in [0.1, 0.15) is 6.61 Å². The van der Waals surface area contributed by atoms with E-state index in [9.17, 15) is 13.6 Å². The molecule has 1 rings (SSSR count). The van der Waals surface area contributed by atoms with E-state index in [0.717, 1.165) is 12.8 Å². The number of hydrogen-bond acceptors (Lipinski definition) is 4. The van der Waals surface area contributed by atoms with Crippen LogP contribution in [0.3, 0.4) is 0 Å². The first-order chi connectivity index (χ1) is 7.56. The van der Waals surface area contributed by atoms with E-state index >= 15 is 0 Å². The first kappa shape index (κ1) is 13.3. The van der Waals surface area contributed by atoms with Gasteiger partial charge in [0.2, 0.25) is 0 Å². The van der Waals surface area contributed by atoms with Crippen LogP contribution in [0.5, 0.6) is 0 Å². The minimum Gasteiger partial charge on any atom is -0.461 e. The maximum absolute atomic E-state index is 13.1. The van der Waals surface area contributed by atoms with Crippen LogP contribution in [0.4, 0.5) is 8.78 Å². The van der Waals surface area contributed by atoms with E-state index in [0.29, 0.717) is 13.0 Å². The van der Waals surface area contributed by atoms with Crippen LogP contribution in [0.2, 0.25) is 0 Å². The normalized spacial score (nSPS) is 21.8. The van der Waals surface area contributed by atoms with Gasteiger partial charge < -0.3 is 14.2 Å². The zero-order valence-electron chi connectivity index (χ0n) is 9.21. The number of halogens is 2. The Hall–Kier alpha value is -0.750. The molecule has 1 aliphatic rings. The number of rotatable bonds is 5. The minimum atomic E-state index is -3.60. The lowest BCUT2D eigenvalue weighted by Crippen LogP contribution is -2.38. The van der Waals surface area contributed by atoms with Crippen LogP contribution in [0.1, 0.15) is 26.2 Å². The molecule has 1 heterocycles. The maximum atomic E-state index is 13.1. The number of hydrogen-bond donors (Lipinski definition) is 0. The summed E-state index contributed by atoms with van der Waals surface area (Å²) in [5.41, 5.74) is 0. The molecule has 16 heavy (non-hydrogen) atoms. The van der Waals surface area contributed by atoms with Crippen molar-refractivity contribution in [3.05, 3.63) is 0 Å². The van der Waals surface area contributed by atoms with Crippen LogP contribution in [-0.4, -0.2) is 38.0 Å². The van der Waals surface area contributed by atoms with Gasteiger partial charge in [-0.25, -0.2) is 4.79 Å². The van der Waals surface area contributed by atoms with Crippen LogP contribution in [0.15, 0.2) is 0 Å². The molecule has 0 aromatic carbocycles. The van der Waals surface area contributed by atoms with Gasteiger partial charge in [0.05, 0.1) is 6.61 Å². The lowest BCUT2D eigenvalue weighted by Gasteiger charge is -2.24. The predicted molar refractivity (Wildman–Crippen MR) is 51.1 cm³/mol. The Morgan fingerprint density at radius 2 is 2.25 bits per heavy atom. The number of carbonyl (C=O) groups is 1. The van der Waals surface area contributed by atoms with Crippen molar-refractivity contribution >= 4 is 5.97 Å². The largest absolute Gasteiger partial charge is 0.461 e. The molecule has 6 heteroatoms. The molecule has 1 saturated heterocycles. The van der Waals surface area contributed by atoms with Crippen LogP contribution in [-0.2, 0) is 19.0 Å². The van der Waals surface area contributed by atoms with Crippen molar-refractivity contribution in [3.63, 3.8) is 0 Å². The smallest absolute Gasteiger partial charge is 0.379 e. The monoisotopic (exact) mass is 238 g/mol. The molecule has 94 valence electrons. The highest BCUT2D eigenvalue weighted by atomic mass is 19.3. The van der Waals surface area contributed by atoms with Crippen molar-refractivity contribution in [2.75, 3.05) is 19.8 Å². The van der Waals surface area contributed by atoms with Gasteiger partial charge >= 0.3 is 11.9 Å². The Balaban J connectivity index is 2.31. The van der Waals surface area contributed by atoms with Gasteiger partial charge in [-0.15, -0.1) is 0 Å². The third kappa shape index (κ3) is 4.02. The second-order valence-electron chi connectivity index (χ2n) is 3.53. The summed E-state index contributed by atoms with van der Waals surface area (Å²) in [5.74, 6) is -5.15. The Kier molecular flexibility index (Phi) is 5.08. The third-order valence-corrected chi connectivity index (χ3v) is 2.16. The van der Waals surface area contributed by atoms with Crippen LogP contribution < -0.4 is 0 Å². The molecule has 0 aliphatic carbocycles. The summed E-state index contributed by atoms with van der Waals surface area (Å²) < 4.78 is 40.4.